The minimum absolute atomic E-state index is 0.0331. The number of hydrogen-bond acceptors (Lipinski definition) is 4. The number of aryl methyl sites for hydroxylation is 2. The molecule has 0 bridgehead atoms. The Morgan fingerprint density at radius 1 is 1.00 bits per heavy atom. The van der Waals surface area contributed by atoms with Crippen molar-refractivity contribution in [1.82, 2.24) is 5.32 Å². The summed E-state index contributed by atoms with van der Waals surface area (Å²) < 4.78 is 0. The van der Waals surface area contributed by atoms with E-state index in [1.807, 2.05) is 19.1 Å². The number of carbonyl (C=O) groups is 2. The van der Waals surface area contributed by atoms with E-state index in [9.17, 15) is 14.7 Å². The van der Waals surface area contributed by atoms with Gasteiger partial charge in [-0.2, -0.15) is 0 Å². The Hall–Kier alpha value is -2.73. The standard InChI is InChI=1S/C17H16N2O3S/c1-10-3-6-12(7-4-10)15(20)19-17(23)18-14-9-13(16(21)22)8-5-11(14)2/h3-9H,1-2H3,(H,21,22)(H2,18,19,20,23)/p-1. The van der Waals surface area contributed by atoms with E-state index in [2.05, 4.69) is 10.6 Å². The third kappa shape index (κ3) is 4.37. The fourth-order valence-electron chi connectivity index (χ4n) is 1.92. The van der Waals surface area contributed by atoms with Gasteiger partial charge in [-0.3, -0.25) is 10.1 Å². The van der Waals surface area contributed by atoms with Crippen LogP contribution in [0.4, 0.5) is 5.69 Å². The average Bonchev–Trinajstić information content (AvgIpc) is 2.49. The molecule has 0 aliphatic rings. The van der Waals surface area contributed by atoms with Crippen LogP contribution in [-0.4, -0.2) is 17.0 Å². The van der Waals surface area contributed by atoms with Crippen molar-refractivity contribution < 1.29 is 14.7 Å². The average molecular weight is 327 g/mol. The van der Waals surface area contributed by atoms with Crippen LogP contribution in [0.5, 0.6) is 0 Å². The number of rotatable bonds is 3. The van der Waals surface area contributed by atoms with Crippen LogP contribution in [0.25, 0.3) is 0 Å². The maximum atomic E-state index is 12.1. The van der Waals surface area contributed by atoms with Gasteiger partial charge in [-0.05, 0) is 55.4 Å². The van der Waals surface area contributed by atoms with Crippen molar-refractivity contribution in [3.8, 4) is 0 Å². The van der Waals surface area contributed by atoms with E-state index in [4.69, 9.17) is 12.2 Å². The van der Waals surface area contributed by atoms with E-state index >= 15 is 0 Å². The molecule has 2 aromatic carbocycles. The number of hydrogen-bond donors (Lipinski definition) is 2. The maximum absolute atomic E-state index is 12.1. The van der Waals surface area contributed by atoms with Crippen molar-refractivity contribution >= 4 is 34.9 Å². The Kier molecular flexibility index (Phi) is 5.08. The van der Waals surface area contributed by atoms with E-state index in [-0.39, 0.29) is 16.6 Å². The highest BCUT2D eigenvalue weighted by atomic mass is 32.1. The minimum Gasteiger partial charge on any atom is -0.545 e. The van der Waals surface area contributed by atoms with E-state index < -0.39 is 5.97 Å². The number of carbonyl (C=O) groups excluding carboxylic acids is 2. The van der Waals surface area contributed by atoms with Crippen molar-refractivity contribution in [2.24, 2.45) is 0 Å². The summed E-state index contributed by atoms with van der Waals surface area (Å²) in [6.07, 6.45) is 0. The zero-order valence-corrected chi connectivity index (χ0v) is 13.5. The second kappa shape index (κ2) is 7.02. The van der Waals surface area contributed by atoms with Gasteiger partial charge in [-0.15, -0.1) is 0 Å². The van der Waals surface area contributed by atoms with Gasteiger partial charge in [-0.25, -0.2) is 0 Å². The van der Waals surface area contributed by atoms with Crippen LogP contribution in [0.1, 0.15) is 31.8 Å². The van der Waals surface area contributed by atoms with Crippen LogP contribution in [0.3, 0.4) is 0 Å². The smallest absolute Gasteiger partial charge is 0.257 e. The van der Waals surface area contributed by atoms with Gasteiger partial charge in [0.25, 0.3) is 5.91 Å². The normalized spacial score (nSPS) is 10.0. The second-order valence-corrected chi connectivity index (χ2v) is 5.50. The van der Waals surface area contributed by atoms with E-state index in [0.717, 1.165) is 11.1 Å². The van der Waals surface area contributed by atoms with Gasteiger partial charge >= 0.3 is 0 Å². The van der Waals surface area contributed by atoms with Crippen LogP contribution < -0.4 is 15.7 Å². The number of thiocarbonyl (C=S) groups is 1. The highest BCUT2D eigenvalue weighted by molar-refractivity contribution is 7.80. The Morgan fingerprint density at radius 2 is 1.61 bits per heavy atom. The number of carboxylic acid groups (broad SMARTS) is 1. The summed E-state index contributed by atoms with van der Waals surface area (Å²) in [4.78, 5) is 23.0. The molecule has 0 saturated carbocycles. The molecular weight excluding hydrogens is 312 g/mol. The van der Waals surface area contributed by atoms with Gasteiger partial charge in [0.1, 0.15) is 0 Å². The van der Waals surface area contributed by atoms with Gasteiger partial charge in [0.15, 0.2) is 5.11 Å². The number of anilines is 1. The SMILES string of the molecule is Cc1ccc(C(=O)NC(=S)Nc2cc(C(=O)[O-])ccc2C)cc1. The molecule has 2 rings (SSSR count). The Labute approximate surface area is 139 Å². The van der Waals surface area contributed by atoms with Crippen molar-refractivity contribution in [1.29, 1.82) is 0 Å². The molecule has 0 atom stereocenters. The summed E-state index contributed by atoms with van der Waals surface area (Å²) in [6.45, 7) is 3.73. The Balaban J connectivity index is 2.07. The first-order chi connectivity index (χ1) is 10.9. The lowest BCUT2D eigenvalue weighted by atomic mass is 10.1. The lowest BCUT2D eigenvalue weighted by Gasteiger charge is -2.13. The molecule has 0 aliphatic carbocycles. The van der Waals surface area contributed by atoms with Crippen molar-refractivity contribution in [2.75, 3.05) is 5.32 Å². The van der Waals surface area contributed by atoms with Gasteiger partial charge in [0.2, 0.25) is 0 Å². The number of nitrogens with one attached hydrogen (secondary N) is 2. The lowest BCUT2D eigenvalue weighted by molar-refractivity contribution is -0.255. The van der Waals surface area contributed by atoms with Gasteiger partial charge in [0.05, 0.1) is 5.97 Å². The van der Waals surface area contributed by atoms with Crippen molar-refractivity contribution in [3.63, 3.8) is 0 Å². The second-order valence-electron chi connectivity index (χ2n) is 5.09. The van der Waals surface area contributed by atoms with Crippen LogP contribution in [0.15, 0.2) is 42.5 Å². The number of amides is 1. The first-order valence-corrected chi connectivity index (χ1v) is 7.28. The summed E-state index contributed by atoms with van der Waals surface area (Å²) in [5.74, 6) is -1.61. The molecule has 2 aromatic rings. The molecule has 0 unspecified atom stereocenters. The zero-order chi connectivity index (χ0) is 17.0. The molecule has 2 N–H and O–H groups in total. The quantitative estimate of drug-likeness (QED) is 0.840. The van der Waals surface area contributed by atoms with Gasteiger partial charge < -0.3 is 15.2 Å². The van der Waals surface area contributed by atoms with Crippen molar-refractivity contribution in [3.05, 3.63) is 64.7 Å². The number of aromatic carboxylic acids is 1. The van der Waals surface area contributed by atoms with Crippen LogP contribution in [0, 0.1) is 13.8 Å². The van der Waals surface area contributed by atoms with Crippen LogP contribution >= 0.6 is 12.2 Å². The fraction of sp³-hybridized carbons (Fsp3) is 0.118. The van der Waals surface area contributed by atoms with Crippen molar-refractivity contribution in [2.45, 2.75) is 13.8 Å². The summed E-state index contributed by atoms with van der Waals surface area (Å²) in [5, 5.41) is 16.4. The molecule has 0 radical (unpaired) electrons. The molecule has 23 heavy (non-hydrogen) atoms. The largest absolute Gasteiger partial charge is 0.545 e. The highest BCUT2D eigenvalue weighted by Gasteiger charge is 2.09. The number of benzene rings is 2. The third-order valence-electron chi connectivity index (χ3n) is 3.26. The lowest BCUT2D eigenvalue weighted by Crippen LogP contribution is -2.34. The summed E-state index contributed by atoms with van der Waals surface area (Å²) in [6, 6.07) is 11.6. The van der Waals surface area contributed by atoms with Crippen LogP contribution in [0.2, 0.25) is 0 Å². The van der Waals surface area contributed by atoms with E-state index in [0.29, 0.717) is 11.3 Å². The molecule has 0 aliphatic heterocycles. The first kappa shape index (κ1) is 16.6. The number of carboxylic acids is 1. The Bertz CT molecular complexity index is 770. The first-order valence-electron chi connectivity index (χ1n) is 6.88. The predicted octanol–water partition coefficient (Wildman–Crippen LogP) is 1.79. The van der Waals surface area contributed by atoms with E-state index in [1.54, 1.807) is 25.1 Å². The summed E-state index contributed by atoms with van der Waals surface area (Å²) in [5.41, 5.74) is 2.87. The molecule has 1 amide bonds. The monoisotopic (exact) mass is 327 g/mol. The maximum Gasteiger partial charge on any atom is 0.257 e. The minimum atomic E-state index is -1.28. The topological polar surface area (TPSA) is 81.3 Å². The van der Waals surface area contributed by atoms with Crippen LogP contribution in [-0.2, 0) is 0 Å². The molecule has 5 nitrogen and oxygen atoms in total. The van der Waals surface area contributed by atoms with Gasteiger partial charge in [-0.1, -0.05) is 29.8 Å². The highest BCUT2D eigenvalue weighted by Crippen LogP contribution is 2.16. The third-order valence-corrected chi connectivity index (χ3v) is 3.47. The Morgan fingerprint density at radius 3 is 2.22 bits per heavy atom. The molecule has 0 heterocycles. The zero-order valence-electron chi connectivity index (χ0n) is 12.7. The molecule has 0 aromatic heterocycles. The molecular formula is C17H15N2O3S-. The van der Waals surface area contributed by atoms with E-state index in [1.165, 1.54) is 12.1 Å². The fourth-order valence-corrected chi connectivity index (χ4v) is 2.12. The summed E-state index contributed by atoms with van der Waals surface area (Å²) in [7, 11) is 0. The molecule has 118 valence electrons. The molecule has 0 saturated heterocycles. The molecule has 0 spiro atoms. The summed E-state index contributed by atoms with van der Waals surface area (Å²) >= 11 is 5.10. The molecule has 0 fully saturated rings. The predicted molar refractivity (Wildman–Crippen MR) is 90.4 cm³/mol. The molecule has 6 heteroatoms. The van der Waals surface area contributed by atoms with Gasteiger partial charge in [0, 0.05) is 11.3 Å².